The first-order chi connectivity index (χ1) is 9.56. The first-order valence-corrected chi connectivity index (χ1v) is 7.21. The van der Waals surface area contributed by atoms with Gasteiger partial charge in [-0.15, -0.1) is 12.4 Å². The topological polar surface area (TPSA) is 49.8 Å². The van der Waals surface area contributed by atoms with E-state index in [0.29, 0.717) is 6.61 Å². The molecule has 4 nitrogen and oxygen atoms in total. The quantitative estimate of drug-likeness (QED) is 0.908. The van der Waals surface area contributed by atoms with Crippen molar-refractivity contribution >= 4 is 18.4 Å². The molecule has 1 aliphatic rings. The standard InChI is InChI=1S/C16H23NO3.ClH/c1-12-3-4-13(2)15(11-12)20-10-9-17-7-5-14(6-8-17)16(18)19;/h3-4,11,14H,5-10H2,1-2H3,(H,18,19);1H. The van der Waals surface area contributed by atoms with Crippen LogP contribution in [0.15, 0.2) is 18.2 Å². The third-order valence-corrected chi connectivity index (χ3v) is 3.95. The average Bonchev–Trinajstić information content (AvgIpc) is 2.43. The number of hydrogen-bond donors (Lipinski definition) is 1. The highest BCUT2D eigenvalue weighted by atomic mass is 35.5. The smallest absolute Gasteiger partial charge is 0.306 e. The van der Waals surface area contributed by atoms with Crippen LogP contribution in [0.25, 0.3) is 0 Å². The van der Waals surface area contributed by atoms with E-state index in [1.165, 1.54) is 5.56 Å². The fourth-order valence-electron chi connectivity index (χ4n) is 2.55. The summed E-state index contributed by atoms with van der Waals surface area (Å²) >= 11 is 0. The van der Waals surface area contributed by atoms with Crippen LogP contribution in [0.2, 0.25) is 0 Å². The molecule has 2 rings (SSSR count). The van der Waals surface area contributed by atoms with Crippen LogP contribution in [-0.2, 0) is 4.79 Å². The van der Waals surface area contributed by atoms with Crippen LogP contribution in [0.1, 0.15) is 24.0 Å². The summed E-state index contributed by atoms with van der Waals surface area (Å²) in [5, 5.41) is 8.96. The van der Waals surface area contributed by atoms with Crippen LogP contribution in [0.5, 0.6) is 5.75 Å². The van der Waals surface area contributed by atoms with E-state index in [2.05, 4.69) is 30.0 Å². The number of benzene rings is 1. The fourth-order valence-corrected chi connectivity index (χ4v) is 2.55. The predicted molar refractivity (Wildman–Crippen MR) is 85.5 cm³/mol. The second-order valence-corrected chi connectivity index (χ2v) is 5.57. The van der Waals surface area contributed by atoms with Crippen LogP contribution in [-0.4, -0.2) is 42.2 Å². The summed E-state index contributed by atoms with van der Waals surface area (Å²) in [6.07, 6.45) is 1.50. The SMILES string of the molecule is Cc1ccc(C)c(OCCN2CCC(C(=O)O)CC2)c1.Cl. The Labute approximate surface area is 132 Å². The number of hydrogen-bond acceptors (Lipinski definition) is 3. The maximum absolute atomic E-state index is 10.9. The highest BCUT2D eigenvalue weighted by Gasteiger charge is 2.24. The van der Waals surface area contributed by atoms with E-state index >= 15 is 0 Å². The Hall–Kier alpha value is -1.26. The second kappa shape index (κ2) is 8.25. The van der Waals surface area contributed by atoms with E-state index in [4.69, 9.17) is 9.84 Å². The molecule has 0 bridgehead atoms. The molecule has 1 fully saturated rings. The maximum Gasteiger partial charge on any atom is 0.306 e. The molecule has 1 saturated heterocycles. The molecular formula is C16H24ClNO3. The van der Waals surface area contributed by atoms with Crippen LogP contribution in [0.4, 0.5) is 0 Å². The molecule has 0 unspecified atom stereocenters. The van der Waals surface area contributed by atoms with Gasteiger partial charge in [0.25, 0.3) is 0 Å². The van der Waals surface area contributed by atoms with Gasteiger partial charge in [0.05, 0.1) is 5.92 Å². The first-order valence-electron chi connectivity index (χ1n) is 7.21. The number of rotatable bonds is 5. The molecule has 0 radical (unpaired) electrons. The number of piperidine rings is 1. The Morgan fingerprint density at radius 1 is 1.33 bits per heavy atom. The molecule has 1 aromatic carbocycles. The Kier molecular flexibility index (Phi) is 6.99. The molecule has 1 aliphatic heterocycles. The van der Waals surface area contributed by atoms with Gasteiger partial charge in [-0.3, -0.25) is 9.69 Å². The zero-order chi connectivity index (χ0) is 14.5. The van der Waals surface area contributed by atoms with Crippen molar-refractivity contribution in [3.8, 4) is 5.75 Å². The van der Waals surface area contributed by atoms with E-state index in [-0.39, 0.29) is 18.3 Å². The third kappa shape index (κ3) is 5.21. The van der Waals surface area contributed by atoms with E-state index in [0.717, 1.165) is 43.8 Å². The molecule has 1 heterocycles. The van der Waals surface area contributed by atoms with E-state index < -0.39 is 5.97 Å². The lowest BCUT2D eigenvalue weighted by molar-refractivity contribution is -0.143. The molecule has 1 aromatic rings. The van der Waals surface area contributed by atoms with Crippen LogP contribution in [0.3, 0.4) is 0 Å². The van der Waals surface area contributed by atoms with Crippen molar-refractivity contribution in [2.75, 3.05) is 26.2 Å². The van der Waals surface area contributed by atoms with Crippen LogP contribution in [0, 0.1) is 19.8 Å². The van der Waals surface area contributed by atoms with Crippen LogP contribution >= 0.6 is 12.4 Å². The number of carboxylic acid groups (broad SMARTS) is 1. The highest BCUT2D eigenvalue weighted by molar-refractivity contribution is 5.85. The predicted octanol–water partition coefficient (Wildman–Crippen LogP) is 2.90. The van der Waals surface area contributed by atoms with Crippen molar-refractivity contribution in [3.05, 3.63) is 29.3 Å². The maximum atomic E-state index is 10.9. The zero-order valence-electron chi connectivity index (χ0n) is 12.7. The summed E-state index contributed by atoms with van der Waals surface area (Å²) in [4.78, 5) is 13.2. The van der Waals surface area contributed by atoms with Crippen molar-refractivity contribution in [1.29, 1.82) is 0 Å². The fraction of sp³-hybridized carbons (Fsp3) is 0.562. The summed E-state index contributed by atoms with van der Waals surface area (Å²) in [5.74, 6) is 0.132. The minimum absolute atomic E-state index is 0. The van der Waals surface area contributed by atoms with Gasteiger partial charge in [-0.25, -0.2) is 0 Å². The van der Waals surface area contributed by atoms with Gasteiger partial charge in [0.2, 0.25) is 0 Å². The molecule has 5 heteroatoms. The second-order valence-electron chi connectivity index (χ2n) is 5.57. The van der Waals surface area contributed by atoms with Crippen molar-refractivity contribution in [1.82, 2.24) is 4.90 Å². The molecule has 21 heavy (non-hydrogen) atoms. The number of likely N-dealkylation sites (tertiary alicyclic amines) is 1. The zero-order valence-corrected chi connectivity index (χ0v) is 13.5. The van der Waals surface area contributed by atoms with Gasteiger partial charge in [0.1, 0.15) is 12.4 Å². The Bertz CT molecular complexity index is 471. The van der Waals surface area contributed by atoms with E-state index in [1.54, 1.807) is 0 Å². The molecule has 0 atom stereocenters. The first kappa shape index (κ1) is 17.8. The summed E-state index contributed by atoms with van der Waals surface area (Å²) in [6, 6.07) is 6.22. The van der Waals surface area contributed by atoms with Crippen LogP contribution < -0.4 is 4.74 Å². The molecule has 0 saturated carbocycles. The number of carboxylic acids is 1. The molecule has 0 aromatic heterocycles. The average molecular weight is 314 g/mol. The van der Waals surface area contributed by atoms with Gasteiger partial charge < -0.3 is 9.84 Å². The minimum Gasteiger partial charge on any atom is -0.492 e. The van der Waals surface area contributed by atoms with Crippen molar-refractivity contribution in [2.24, 2.45) is 5.92 Å². The normalized spacial score (nSPS) is 16.3. The van der Waals surface area contributed by atoms with Gasteiger partial charge in [0, 0.05) is 6.54 Å². The van der Waals surface area contributed by atoms with Crippen molar-refractivity contribution in [3.63, 3.8) is 0 Å². The van der Waals surface area contributed by atoms with E-state index in [9.17, 15) is 4.79 Å². The molecule has 0 amide bonds. The summed E-state index contributed by atoms with van der Waals surface area (Å²) in [7, 11) is 0. The van der Waals surface area contributed by atoms with E-state index in [1.807, 2.05) is 6.92 Å². The van der Waals surface area contributed by atoms with Gasteiger partial charge in [-0.1, -0.05) is 12.1 Å². The minimum atomic E-state index is -0.656. The Morgan fingerprint density at radius 3 is 2.62 bits per heavy atom. The molecule has 1 N–H and O–H groups in total. The lowest BCUT2D eigenvalue weighted by Gasteiger charge is -2.29. The number of halogens is 1. The third-order valence-electron chi connectivity index (χ3n) is 3.95. The molecule has 0 aliphatic carbocycles. The summed E-state index contributed by atoms with van der Waals surface area (Å²) in [6.45, 7) is 7.33. The van der Waals surface area contributed by atoms with Gasteiger partial charge in [0.15, 0.2) is 0 Å². The summed E-state index contributed by atoms with van der Waals surface area (Å²) in [5.41, 5.74) is 2.35. The Morgan fingerprint density at radius 2 is 2.00 bits per heavy atom. The number of nitrogens with zero attached hydrogens (tertiary/aromatic N) is 1. The van der Waals surface area contributed by atoms with Gasteiger partial charge >= 0.3 is 5.97 Å². The lowest BCUT2D eigenvalue weighted by atomic mass is 9.97. The summed E-state index contributed by atoms with van der Waals surface area (Å²) < 4.78 is 5.84. The number of carbonyl (C=O) groups is 1. The van der Waals surface area contributed by atoms with Gasteiger partial charge in [-0.2, -0.15) is 0 Å². The molecule has 118 valence electrons. The number of aliphatic carboxylic acids is 1. The number of ether oxygens (including phenoxy) is 1. The highest BCUT2D eigenvalue weighted by Crippen LogP contribution is 2.20. The van der Waals surface area contributed by atoms with Crippen molar-refractivity contribution < 1.29 is 14.6 Å². The molecular weight excluding hydrogens is 290 g/mol. The lowest BCUT2D eigenvalue weighted by Crippen LogP contribution is -2.38. The molecule has 0 spiro atoms. The monoisotopic (exact) mass is 313 g/mol. The Balaban J connectivity index is 0.00000220. The van der Waals surface area contributed by atoms with Crippen molar-refractivity contribution in [2.45, 2.75) is 26.7 Å². The van der Waals surface area contributed by atoms with Gasteiger partial charge in [-0.05, 0) is 57.0 Å². The largest absolute Gasteiger partial charge is 0.492 e. The number of aryl methyl sites for hydroxylation is 2.